The van der Waals surface area contributed by atoms with Gasteiger partial charge in [-0.3, -0.25) is 19.2 Å². The first-order chi connectivity index (χ1) is 20.5. The Balaban J connectivity index is 1.78. The minimum Gasteiger partial charge on any atom is -0.447 e. The molecule has 0 bridgehead atoms. The first-order valence-corrected chi connectivity index (χ1v) is 16.0. The van der Waals surface area contributed by atoms with E-state index in [0.29, 0.717) is 13.0 Å². The van der Waals surface area contributed by atoms with Gasteiger partial charge in [0.05, 0.1) is 12.1 Å². The Morgan fingerprint density at radius 2 is 1.51 bits per heavy atom. The molecule has 13 nitrogen and oxygen atoms in total. The van der Waals surface area contributed by atoms with Gasteiger partial charge in [-0.15, -0.1) is 0 Å². The Morgan fingerprint density at radius 1 is 0.911 bits per heavy atom. The van der Waals surface area contributed by atoms with Crippen molar-refractivity contribution in [3.05, 3.63) is 0 Å². The van der Waals surface area contributed by atoms with Gasteiger partial charge in [-0.1, -0.05) is 68.2 Å². The maximum atomic E-state index is 14.2. The van der Waals surface area contributed by atoms with E-state index in [1.807, 2.05) is 69.2 Å². The first-order valence-electron chi connectivity index (χ1n) is 16.0. The van der Waals surface area contributed by atoms with E-state index < -0.39 is 70.6 Å². The number of hydrogen-bond acceptors (Lipinski definition) is 7. The highest BCUT2D eigenvalue weighted by atomic mass is 16.5. The number of nitrogens with one attached hydrogen (secondary N) is 4. The largest absolute Gasteiger partial charge is 0.447 e. The molecule has 0 radical (unpaired) electrons. The van der Waals surface area contributed by atoms with Gasteiger partial charge in [0.2, 0.25) is 17.6 Å². The van der Waals surface area contributed by atoms with Gasteiger partial charge in [-0.2, -0.15) is 0 Å². The lowest BCUT2D eigenvalue weighted by molar-refractivity contribution is -0.145. The molecule has 2 saturated carbocycles. The molecule has 1 heterocycles. The second-order valence-electron chi connectivity index (χ2n) is 16.1. The van der Waals surface area contributed by atoms with Crippen molar-refractivity contribution >= 4 is 35.6 Å². The van der Waals surface area contributed by atoms with Crippen molar-refractivity contribution in [2.24, 2.45) is 39.7 Å². The van der Waals surface area contributed by atoms with E-state index in [-0.39, 0.29) is 35.8 Å². The fraction of sp³-hybridized carbons (Fsp3) is 0.812. The molecular weight excluding hydrogens is 580 g/mol. The third-order valence-corrected chi connectivity index (χ3v) is 9.43. The molecule has 0 aromatic heterocycles. The summed E-state index contributed by atoms with van der Waals surface area (Å²) in [5.74, 6) is -2.69. The predicted molar refractivity (Wildman–Crippen MR) is 168 cm³/mol. The van der Waals surface area contributed by atoms with Crippen LogP contribution in [-0.2, 0) is 23.9 Å². The van der Waals surface area contributed by atoms with Crippen LogP contribution in [-0.4, -0.2) is 83.9 Å². The number of alkyl carbamates (subject to hydrolysis) is 1. The van der Waals surface area contributed by atoms with E-state index in [0.717, 1.165) is 12.8 Å². The van der Waals surface area contributed by atoms with E-state index in [4.69, 9.17) is 10.5 Å². The summed E-state index contributed by atoms with van der Waals surface area (Å²) in [6.07, 6.45) is 1.56. The first kappa shape index (κ1) is 36.1. The van der Waals surface area contributed by atoms with Crippen LogP contribution < -0.4 is 27.0 Å². The number of carbonyl (C=O) groups excluding carboxylic acids is 6. The monoisotopic (exact) mass is 634 g/mol. The Hall–Kier alpha value is -3.38. The third kappa shape index (κ3) is 8.88. The number of fused-ring (bicyclic) bond motifs is 1. The van der Waals surface area contributed by atoms with Crippen LogP contribution >= 0.6 is 0 Å². The van der Waals surface area contributed by atoms with Crippen LogP contribution in [0.3, 0.4) is 0 Å². The molecule has 3 fully saturated rings. The van der Waals surface area contributed by atoms with Crippen molar-refractivity contribution in [1.29, 1.82) is 0 Å². The Bertz CT molecular complexity index is 1180. The minimum atomic E-state index is -1.10. The van der Waals surface area contributed by atoms with Gasteiger partial charge in [0, 0.05) is 12.6 Å². The van der Waals surface area contributed by atoms with Crippen molar-refractivity contribution in [1.82, 2.24) is 26.2 Å². The number of amides is 6. The van der Waals surface area contributed by atoms with Crippen LogP contribution in [0.5, 0.6) is 0 Å². The molecule has 0 aromatic carbocycles. The summed E-state index contributed by atoms with van der Waals surface area (Å²) >= 11 is 0. The number of Topliss-reactive ketones (excluding diaryl/α,β-unsaturated/α-hetero) is 1. The standard InChI is InChI=1S/C32H54N6O7/c1-16(2)34-29(44)45-15-20(30(3,4)5)36-28(43)37-24(31(6,7)8)27(42)38-14-18-21(32(18,9)10)22(38)26(41)35-19(13-17-11-12-17)23(39)25(33)40/h16-22,24H,11-15H2,1-10H3,(H2,33,40)(H,34,44)(H,35,41)(H2,36,37,43)/t18?,19?,20-,21?,22+,24-/m1/s1. The van der Waals surface area contributed by atoms with Gasteiger partial charge in [0.25, 0.3) is 5.91 Å². The molecule has 2 aliphatic carbocycles. The quantitative estimate of drug-likeness (QED) is 0.203. The summed E-state index contributed by atoms with van der Waals surface area (Å²) < 4.78 is 5.35. The molecule has 13 heteroatoms. The lowest BCUT2D eigenvalue weighted by Crippen LogP contribution is -2.62. The zero-order valence-electron chi connectivity index (χ0n) is 28.5. The van der Waals surface area contributed by atoms with Crippen molar-refractivity contribution in [3.63, 3.8) is 0 Å². The van der Waals surface area contributed by atoms with Crippen LogP contribution in [0.25, 0.3) is 0 Å². The second kappa shape index (κ2) is 13.2. The van der Waals surface area contributed by atoms with Crippen LogP contribution in [0, 0.1) is 34.0 Å². The molecule has 3 rings (SSSR count). The van der Waals surface area contributed by atoms with E-state index in [1.54, 1.807) is 0 Å². The molecule has 1 saturated heterocycles. The number of urea groups is 1. The number of rotatable bonds is 12. The molecular formula is C32H54N6O7. The van der Waals surface area contributed by atoms with Crippen molar-refractivity contribution < 1.29 is 33.5 Å². The number of nitrogens with zero attached hydrogens (tertiary/aromatic N) is 1. The zero-order chi connectivity index (χ0) is 34.2. The summed E-state index contributed by atoms with van der Waals surface area (Å²) in [5.41, 5.74) is 3.87. The smallest absolute Gasteiger partial charge is 0.407 e. The molecule has 3 aliphatic rings. The number of hydrogen-bond donors (Lipinski definition) is 5. The molecule has 6 atom stereocenters. The average molecular weight is 635 g/mol. The number of piperidine rings is 1. The number of nitrogens with two attached hydrogens (primary N) is 1. The highest BCUT2D eigenvalue weighted by Crippen LogP contribution is 2.65. The lowest BCUT2D eigenvalue weighted by atomic mass is 9.85. The molecule has 3 unspecified atom stereocenters. The molecule has 1 aliphatic heterocycles. The Kier molecular flexibility index (Phi) is 10.6. The van der Waals surface area contributed by atoms with Crippen molar-refractivity contribution in [2.75, 3.05) is 13.2 Å². The fourth-order valence-corrected chi connectivity index (χ4v) is 6.25. The summed E-state index contributed by atoms with van der Waals surface area (Å²) in [5, 5.41) is 11.1. The van der Waals surface area contributed by atoms with Crippen molar-refractivity contribution in [2.45, 2.75) is 119 Å². The van der Waals surface area contributed by atoms with Gasteiger partial charge in [0.1, 0.15) is 18.7 Å². The zero-order valence-corrected chi connectivity index (χ0v) is 28.5. The molecule has 6 amide bonds. The van der Waals surface area contributed by atoms with Gasteiger partial charge < -0.3 is 36.6 Å². The van der Waals surface area contributed by atoms with Gasteiger partial charge in [0.15, 0.2) is 0 Å². The highest BCUT2D eigenvalue weighted by Gasteiger charge is 2.70. The predicted octanol–water partition coefficient (Wildman–Crippen LogP) is 2.07. The number of primary amides is 1. The van der Waals surface area contributed by atoms with Crippen LogP contribution in [0.2, 0.25) is 0 Å². The maximum Gasteiger partial charge on any atom is 0.407 e. The molecule has 6 N–H and O–H groups in total. The van der Waals surface area contributed by atoms with Gasteiger partial charge >= 0.3 is 12.1 Å². The maximum absolute atomic E-state index is 14.2. The van der Waals surface area contributed by atoms with Crippen LogP contribution in [0.4, 0.5) is 9.59 Å². The fourth-order valence-electron chi connectivity index (χ4n) is 6.25. The summed E-state index contributed by atoms with van der Waals surface area (Å²) in [7, 11) is 0. The Morgan fingerprint density at radius 3 is 2.00 bits per heavy atom. The number of carbonyl (C=O) groups is 6. The molecule has 254 valence electrons. The molecule has 0 aromatic rings. The van der Waals surface area contributed by atoms with Gasteiger partial charge in [-0.25, -0.2) is 9.59 Å². The average Bonchev–Trinajstić information content (AvgIpc) is 3.74. The summed E-state index contributed by atoms with van der Waals surface area (Å²) in [6, 6.07) is -4.21. The molecule has 0 spiro atoms. The molecule has 45 heavy (non-hydrogen) atoms. The SMILES string of the molecule is CC(C)NC(=O)OC[C@@H](NC(=O)N[C@H](C(=O)N1CC2C([C@H]1C(=O)NC(CC1CC1)C(=O)C(N)=O)C2(C)C)C(C)(C)C)C(C)(C)C. The van der Waals surface area contributed by atoms with E-state index >= 15 is 0 Å². The lowest BCUT2D eigenvalue weighted by Gasteiger charge is -2.38. The van der Waals surface area contributed by atoms with E-state index in [1.165, 1.54) is 4.90 Å². The van der Waals surface area contributed by atoms with E-state index in [9.17, 15) is 28.8 Å². The number of likely N-dealkylation sites (tertiary alicyclic amines) is 1. The number of ether oxygens (including phenoxy) is 1. The number of ketones is 1. The van der Waals surface area contributed by atoms with Gasteiger partial charge in [-0.05, 0) is 54.3 Å². The van der Waals surface area contributed by atoms with E-state index in [2.05, 4.69) is 21.3 Å². The highest BCUT2D eigenvalue weighted by molar-refractivity contribution is 6.37. The summed E-state index contributed by atoms with van der Waals surface area (Å²) in [6.45, 7) is 19.1. The van der Waals surface area contributed by atoms with Crippen LogP contribution in [0.15, 0.2) is 0 Å². The van der Waals surface area contributed by atoms with Crippen molar-refractivity contribution in [3.8, 4) is 0 Å². The Labute approximate surface area is 266 Å². The minimum absolute atomic E-state index is 0.0692. The topological polar surface area (TPSA) is 189 Å². The second-order valence-corrected chi connectivity index (χ2v) is 16.1. The van der Waals surface area contributed by atoms with Crippen LogP contribution in [0.1, 0.15) is 88.5 Å². The normalized spacial score (nSPS) is 24.1. The third-order valence-electron chi connectivity index (χ3n) is 9.43. The summed E-state index contributed by atoms with van der Waals surface area (Å²) in [4.78, 5) is 79.3.